The fourth-order valence-corrected chi connectivity index (χ4v) is 2.70. The van der Waals surface area contributed by atoms with Crippen molar-refractivity contribution in [2.75, 3.05) is 0 Å². The van der Waals surface area contributed by atoms with Gasteiger partial charge in [-0.25, -0.2) is 0 Å². The summed E-state index contributed by atoms with van der Waals surface area (Å²) < 4.78 is 0. The van der Waals surface area contributed by atoms with E-state index in [1.54, 1.807) is 0 Å². The van der Waals surface area contributed by atoms with Crippen molar-refractivity contribution >= 4 is 18.5 Å². The van der Waals surface area contributed by atoms with Crippen molar-refractivity contribution in [2.45, 2.75) is 83.0 Å². The largest absolute Gasteiger partial charge is 0.127 e. The molecule has 0 aliphatic heterocycles. The van der Waals surface area contributed by atoms with Crippen molar-refractivity contribution in [3.8, 4) is 0 Å². The Balaban J connectivity index is 3.40. The Labute approximate surface area is 102 Å². The van der Waals surface area contributed by atoms with Gasteiger partial charge in [0.15, 0.2) is 0 Å². The lowest BCUT2D eigenvalue weighted by molar-refractivity contribution is 0.541. The third kappa shape index (κ3) is 11.1. The number of rotatable bonds is 10. The average molecular weight is 248 g/mol. The molecular weight excluding hydrogens is 218 g/mol. The molecule has 0 nitrogen and oxygen atoms in total. The fourth-order valence-electron chi connectivity index (χ4n) is 1.89. The van der Waals surface area contributed by atoms with E-state index in [1.165, 1.54) is 64.2 Å². The van der Waals surface area contributed by atoms with Crippen LogP contribution in [-0.4, -0.2) is 4.90 Å². The van der Waals surface area contributed by atoms with Crippen molar-refractivity contribution in [1.29, 1.82) is 0 Å². The highest BCUT2D eigenvalue weighted by molar-refractivity contribution is 7.39. The molecule has 2 atom stereocenters. The minimum Gasteiger partial charge on any atom is -0.127 e. The molecular formula is C13H30P2. The average Bonchev–Trinajstić information content (AvgIpc) is 2.20. The zero-order chi connectivity index (χ0) is 11.6. The second-order valence-corrected chi connectivity index (χ2v) is 7.82. The maximum Gasteiger partial charge on any atom is -0.000701 e. The molecule has 15 heavy (non-hydrogen) atoms. The highest BCUT2D eigenvalue weighted by Crippen LogP contribution is 2.38. The van der Waals surface area contributed by atoms with Crippen LogP contribution in [0.1, 0.15) is 78.1 Å². The quantitative estimate of drug-likeness (QED) is 0.360. The Bertz CT molecular complexity index is 118. The first kappa shape index (κ1) is 15.9. The van der Waals surface area contributed by atoms with Gasteiger partial charge in [-0.15, -0.1) is 18.5 Å². The van der Waals surface area contributed by atoms with E-state index >= 15 is 0 Å². The summed E-state index contributed by atoms with van der Waals surface area (Å²) in [5.41, 5.74) is 0. The predicted molar refractivity (Wildman–Crippen MR) is 79.7 cm³/mol. The number of hydrogen-bond acceptors (Lipinski definition) is 0. The molecule has 0 heterocycles. The zero-order valence-electron chi connectivity index (χ0n) is 10.7. The molecule has 2 unspecified atom stereocenters. The van der Waals surface area contributed by atoms with E-state index in [2.05, 4.69) is 32.3 Å². The molecule has 0 aromatic rings. The summed E-state index contributed by atoms with van der Waals surface area (Å²) >= 11 is 0. The molecule has 0 aromatic carbocycles. The van der Waals surface area contributed by atoms with E-state index in [4.69, 9.17) is 0 Å². The van der Waals surface area contributed by atoms with Crippen molar-refractivity contribution in [2.24, 2.45) is 0 Å². The van der Waals surface area contributed by atoms with Crippen LogP contribution in [0.2, 0.25) is 0 Å². The monoisotopic (exact) mass is 248 g/mol. The van der Waals surface area contributed by atoms with Crippen molar-refractivity contribution in [1.82, 2.24) is 0 Å². The van der Waals surface area contributed by atoms with E-state index in [1.807, 2.05) is 0 Å². The summed E-state index contributed by atoms with van der Waals surface area (Å²) in [7, 11) is 6.10. The summed E-state index contributed by atoms with van der Waals surface area (Å²) in [6.07, 6.45) is 13.8. The molecule has 0 radical (unpaired) electrons. The van der Waals surface area contributed by atoms with Crippen LogP contribution in [0.15, 0.2) is 0 Å². The minimum atomic E-state index is 0.432. The normalized spacial score (nSPS) is 12.0. The number of unbranched alkanes of at least 4 members (excludes halogenated alkanes) is 6. The van der Waals surface area contributed by atoms with Gasteiger partial charge < -0.3 is 0 Å². The standard InChI is InChI=1S/C13H30P2/c1-3-5-7-9-11-13(14,15)12-10-8-6-4-2/h3-12,14-15H2,1-2H3. The minimum absolute atomic E-state index is 0.432. The molecule has 0 aliphatic carbocycles. The summed E-state index contributed by atoms with van der Waals surface area (Å²) in [5, 5.41) is 0. The van der Waals surface area contributed by atoms with Crippen LogP contribution in [0, 0.1) is 0 Å². The molecule has 92 valence electrons. The van der Waals surface area contributed by atoms with Gasteiger partial charge in [-0.3, -0.25) is 0 Å². The smallest absolute Gasteiger partial charge is 0.000701 e. The Hall–Kier alpha value is 0.860. The van der Waals surface area contributed by atoms with Gasteiger partial charge in [0.2, 0.25) is 0 Å². The molecule has 0 amide bonds. The van der Waals surface area contributed by atoms with Gasteiger partial charge in [0.1, 0.15) is 0 Å². The van der Waals surface area contributed by atoms with Crippen LogP contribution in [-0.2, 0) is 0 Å². The maximum atomic E-state index is 3.05. The van der Waals surface area contributed by atoms with Crippen molar-refractivity contribution in [3.05, 3.63) is 0 Å². The molecule has 0 N–H and O–H groups in total. The van der Waals surface area contributed by atoms with Crippen LogP contribution in [0.3, 0.4) is 0 Å². The zero-order valence-corrected chi connectivity index (χ0v) is 13.0. The van der Waals surface area contributed by atoms with E-state index in [0.29, 0.717) is 4.90 Å². The van der Waals surface area contributed by atoms with Gasteiger partial charge in [0.05, 0.1) is 0 Å². The summed E-state index contributed by atoms with van der Waals surface area (Å²) in [4.78, 5) is 0.432. The van der Waals surface area contributed by atoms with Crippen LogP contribution >= 0.6 is 18.5 Å². The van der Waals surface area contributed by atoms with Gasteiger partial charge in [0.25, 0.3) is 0 Å². The van der Waals surface area contributed by atoms with E-state index < -0.39 is 0 Å². The maximum absolute atomic E-state index is 3.05. The van der Waals surface area contributed by atoms with Crippen LogP contribution in [0.4, 0.5) is 0 Å². The molecule has 0 rings (SSSR count). The molecule has 0 saturated carbocycles. The van der Waals surface area contributed by atoms with E-state index in [0.717, 1.165) is 0 Å². The van der Waals surface area contributed by atoms with E-state index in [-0.39, 0.29) is 0 Å². The highest BCUT2D eigenvalue weighted by Gasteiger charge is 2.16. The second-order valence-electron chi connectivity index (χ2n) is 4.85. The lowest BCUT2D eigenvalue weighted by Gasteiger charge is -2.24. The second kappa shape index (κ2) is 10.0. The van der Waals surface area contributed by atoms with Gasteiger partial charge in [-0.05, 0) is 17.7 Å². The fraction of sp³-hybridized carbons (Fsp3) is 1.00. The first-order valence-corrected chi connectivity index (χ1v) is 7.85. The number of hydrogen-bond donors (Lipinski definition) is 0. The molecule has 0 saturated heterocycles. The van der Waals surface area contributed by atoms with Crippen LogP contribution < -0.4 is 0 Å². The van der Waals surface area contributed by atoms with Crippen molar-refractivity contribution in [3.63, 3.8) is 0 Å². The summed E-state index contributed by atoms with van der Waals surface area (Å²) in [5.74, 6) is 0. The van der Waals surface area contributed by atoms with Crippen molar-refractivity contribution < 1.29 is 0 Å². The first-order valence-electron chi connectivity index (χ1n) is 6.70. The van der Waals surface area contributed by atoms with Gasteiger partial charge >= 0.3 is 0 Å². The summed E-state index contributed by atoms with van der Waals surface area (Å²) in [6.45, 7) is 4.55. The van der Waals surface area contributed by atoms with Crippen LogP contribution in [0.5, 0.6) is 0 Å². The molecule has 0 bridgehead atoms. The Morgan fingerprint density at radius 1 is 0.667 bits per heavy atom. The van der Waals surface area contributed by atoms with Gasteiger partial charge in [-0.2, -0.15) is 0 Å². The third-order valence-corrected chi connectivity index (χ3v) is 4.15. The molecule has 0 aromatic heterocycles. The SMILES string of the molecule is CCCCCCC(P)(P)CCCCCC. The topological polar surface area (TPSA) is 0 Å². The molecule has 2 heteroatoms. The molecule has 0 aliphatic rings. The first-order chi connectivity index (χ1) is 7.12. The molecule has 0 spiro atoms. The van der Waals surface area contributed by atoms with Crippen LogP contribution in [0.25, 0.3) is 0 Å². The predicted octanol–water partition coefficient (Wildman–Crippen LogP) is 5.37. The Kier molecular flexibility index (Phi) is 10.6. The van der Waals surface area contributed by atoms with E-state index in [9.17, 15) is 0 Å². The highest BCUT2D eigenvalue weighted by atomic mass is 31.1. The Morgan fingerprint density at radius 3 is 1.40 bits per heavy atom. The Morgan fingerprint density at radius 2 is 1.07 bits per heavy atom. The van der Waals surface area contributed by atoms with Gasteiger partial charge in [-0.1, -0.05) is 65.2 Å². The van der Waals surface area contributed by atoms with Gasteiger partial charge in [0, 0.05) is 0 Å². The lowest BCUT2D eigenvalue weighted by Crippen LogP contribution is -2.10. The summed E-state index contributed by atoms with van der Waals surface area (Å²) in [6, 6.07) is 0. The molecule has 0 fully saturated rings. The third-order valence-electron chi connectivity index (χ3n) is 2.99. The lowest BCUT2D eigenvalue weighted by atomic mass is 10.0.